The van der Waals surface area contributed by atoms with Crippen LogP contribution in [0.5, 0.6) is 0 Å². The highest BCUT2D eigenvalue weighted by Crippen LogP contribution is 2.19. The molecule has 0 saturated carbocycles. The first kappa shape index (κ1) is 23.5. The first-order chi connectivity index (χ1) is 15.8. The van der Waals surface area contributed by atoms with Gasteiger partial charge in [-0.3, -0.25) is 19.8 Å². The summed E-state index contributed by atoms with van der Waals surface area (Å²) >= 11 is 0. The monoisotopic (exact) mass is 446 g/mol. The second-order valence-electron chi connectivity index (χ2n) is 7.73. The molecule has 0 aliphatic carbocycles. The molecule has 2 atom stereocenters. The van der Waals surface area contributed by atoms with Crippen LogP contribution in [0.15, 0.2) is 71.7 Å². The lowest BCUT2D eigenvalue weighted by Gasteiger charge is -2.23. The van der Waals surface area contributed by atoms with Crippen LogP contribution in [0.3, 0.4) is 0 Å². The van der Waals surface area contributed by atoms with Crippen molar-refractivity contribution in [1.29, 1.82) is 5.41 Å². The zero-order valence-electron chi connectivity index (χ0n) is 18.4. The Kier molecular flexibility index (Phi) is 7.40. The number of hydrogen-bond acceptors (Lipinski definition) is 5. The van der Waals surface area contributed by atoms with Crippen molar-refractivity contribution < 1.29 is 14.3 Å². The first-order valence-electron chi connectivity index (χ1n) is 10.4. The Hall–Kier alpha value is -4.20. The van der Waals surface area contributed by atoms with E-state index in [2.05, 4.69) is 10.3 Å². The van der Waals surface area contributed by atoms with Crippen LogP contribution >= 0.6 is 0 Å². The molecule has 1 heterocycles. The van der Waals surface area contributed by atoms with Gasteiger partial charge in [-0.1, -0.05) is 30.3 Å². The molecule has 3 aromatic rings. The largest absolute Gasteiger partial charge is 0.469 e. The van der Waals surface area contributed by atoms with E-state index in [9.17, 15) is 14.4 Å². The number of esters is 1. The van der Waals surface area contributed by atoms with Crippen LogP contribution < -0.4 is 16.6 Å². The van der Waals surface area contributed by atoms with Crippen molar-refractivity contribution in [2.24, 2.45) is 11.7 Å². The van der Waals surface area contributed by atoms with Crippen LogP contribution in [-0.2, 0) is 16.0 Å². The highest BCUT2D eigenvalue weighted by Gasteiger charge is 2.28. The smallest absolute Gasteiger partial charge is 0.311 e. The number of amides is 1. The van der Waals surface area contributed by atoms with Gasteiger partial charge in [-0.05, 0) is 54.3 Å². The van der Waals surface area contributed by atoms with Gasteiger partial charge >= 0.3 is 5.97 Å². The number of hydrogen-bond donors (Lipinski definition) is 4. The van der Waals surface area contributed by atoms with Crippen molar-refractivity contribution in [1.82, 2.24) is 10.3 Å². The summed E-state index contributed by atoms with van der Waals surface area (Å²) in [5.74, 6) is -1.44. The molecule has 33 heavy (non-hydrogen) atoms. The summed E-state index contributed by atoms with van der Waals surface area (Å²) in [6.45, 7) is 1.75. The van der Waals surface area contributed by atoms with Crippen molar-refractivity contribution in [3.05, 3.63) is 93.9 Å². The number of aromatic amines is 1. The second-order valence-corrected chi connectivity index (χ2v) is 7.73. The summed E-state index contributed by atoms with van der Waals surface area (Å²) in [4.78, 5) is 39.1. The minimum absolute atomic E-state index is 0.0573. The van der Waals surface area contributed by atoms with Gasteiger partial charge in [0.2, 0.25) is 5.56 Å². The molecular weight excluding hydrogens is 420 g/mol. The summed E-state index contributed by atoms with van der Waals surface area (Å²) < 4.78 is 4.96. The van der Waals surface area contributed by atoms with Crippen molar-refractivity contribution in [2.75, 3.05) is 7.11 Å². The molecule has 5 N–H and O–H groups in total. The number of pyridine rings is 1. The van der Waals surface area contributed by atoms with Crippen molar-refractivity contribution in [3.8, 4) is 11.1 Å². The van der Waals surface area contributed by atoms with Crippen LogP contribution in [0, 0.1) is 11.3 Å². The third-order valence-corrected chi connectivity index (χ3v) is 5.42. The molecule has 0 aliphatic heterocycles. The highest BCUT2D eigenvalue weighted by atomic mass is 16.5. The molecule has 170 valence electrons. The Morgan fingerprint density at radius 2 is 1.76 bits per heavy atom. The standard InChI is InChI=1S/C25H26N4O4/c1-15(21(25(32)33-2)13-16-4-3-5-19(12-16)23(26)27)29-24(31)18-8-6-17(7-9-18)20-10-11-22(30)28-14-20/h3-12,14-15,21H,13H2,1-2H3,(H3,26,27)(H,28,30)(H,29,31). The van der Waals surface area contributed by atoms with E-state index in [4.69, 9.17) is 15.9 Å². The van der Waals surface area contributed by atoms with Crippen LogP contribution in [0.1, 0.15) is 28.4 Å². The van der Waals surface area contributed by atoms with Gasteiger partial charge in [-0.25, -0.2) is 0 Å². The Morgan fingerprint density at radius 3 is 2.36 bits per heavy atom. The minimum Gasteiger partial charge on any atom is -0.469 e. The lowest BCUT2D eigenvalue weighted by Crippen LogP contribution is -2.42. The van der Waals surface area contributed by atoms with Crippen LogP contribution in [0.2, 0.25) is 0 Å². The molecular formula is C25H26N4O4. The van der Waals surface area contributed by atoms with Crippen molar-refractivity contribution >= 4 is 17.7 Å². The maximum Gasteiger partial charge on any atom is 0.311 e. The molecule has 0 fully saturated rings. The number of carbonyl (C=O) groups is 2. The first-order valence-corrected chi connectivity index (χ1v) is 10.4. The minimum atomic E-state index is -0.624. The number of carbonyl (C=O) groups excluding carboxylic acids is 2. The molecule has 3 rings (SSSR count). The van der Waals surface area contributed by atoms with E-state index in [1.165, 1.54) is 13.2 Å². The zero-order chi connectivity index (χ0) is 24.0. The number of nitrogens with one attached hydrogen (secondary N) is 3. The second kappa shape index (κ2) is 10.4. The number of amidine groups is 1. The number of nitrogens with two attached hydrogens (primary N) is 1. The molecule has 1 aromatic heterocycles. The number of methoxy groups -OCH3 is 1. The molecule has 0 aliphatic rings. The molecule has 0 spiro atoms. The van der Waals surface area contributed by atoms with Crippen LogP contribution in [0.4, 0.5) is 0 Å². The SMILES string of the molecule is COC(=O)C(Cc1cccc(C(=N)N)c1)C(C)NC(=O)c1ccc(-c2ccc(=O)[nH]c2)cc1. The molecule has 8 heteroatoms. The van der Waals surface area contributed by atoms with Crippen LogP contribution in [0.25, 0.3) is 11.1 Å². The van der Waals surface area contributed by atoms with Gasteiger partial charge in [-0.15, -0.1) is 0 Å². The van der Waals surface area contributed by atoms with E-state index in [0.29, 0.717) is 17.5 Å². The van der Waals surface area contributed by atoms with E-state index in [-0.39, 0.29) is 17.3 Å². The number of H-pyrrole nitrogens is 1. The predicted molar refractivity (Wildman–Crippen MR) is 126 cm³/mol. The molecule has 2 aromatic carbocycles. The molecule has 0 bridgehead atoms. The summed E-state index contributed by atoms with van der Waals surface area (Å²) in [6, 6.07) is 16.7. The van der Waals surface area contributed by atoms with E-state index in [1.54, 1.807) is 61.7 Å². The molecule has 1 amide bonds. The lowest BCUT2D eigenvalue weighted by molar-refractivity contribution is -0.146. The Bertz CT molecular complexity index is 1200. The summed E-state index contributed by atoms with van der Waals surface area (Å²) in [6.07, 6.45) is 1.93. The number of aromatic nitrogens is 1. The van der Waals surface area contributed by atoms with Gasteiger partial charge < -0.3 is 20.8 Å². The van der Waals surface area contributed by atoms with Gasteiger partial charge in [0.05, 0.1) is 13.0 Å². The van der Waals surface area contributed by atoms with Gasteiger partial charge in [0.1, 0.15) is 5.84 Å². The normalized spacial score (nSPS) is 12.4. The lowest BCUT2D eigenvalue weighted by atomic mass is 9.92. The van der Waals surface area contributed by atoms with Gasteiger partial charge in [0.25, 0.3) is 5.91 Å². The van der Waals surface area contributed by atoms with E-state index < -0.39 is 17.9 Å². The predicted octanol–water partition coefficient (Wildman–Crippen LogP) is 2.48. The zero-order valence-corrected chi connectivity index (χ0v) is 18.4. The summed E-state index contributed by atoms with van der Waals surface area (Å²) in [7, 11) is 1.31. The van der Waals surface area contributed by atoms with E-state index >= 15 is 0 Å². The topological polar surface area (TPSA) is 138 Å². The van der Waals surface area contributed by atoms with E-state index in [0.717, 1.165) is 16.7 Å². The fourth-order valence-corrected chi connectivity index (χ4v) is 3.53. The van der Waals surface area contributed by atoms with E-state index in [1.807, 2.05) is 6.07 Å². The third kappa shape index (κ3) is 5.94. The van der Waals surface area contributed by atoms with Crippen molar-refractivity contribution in [3.63, 3.8) is 0 Å². The average molecular weight is 447 g/mol. The maximum absolute atomic E-state index is 12.8. The number of benzene rings is 2. The summed E-state index contributed by atoms with van der Waals surface area (Å²) in [5.41, 5.74) is 8.88. The molecule has 8 nitrogen and oxygen atoms in total. The maximum atomic E-state index is 12.8. The van der Waals surface area contributed by atoms with Crippen molar-refractivity contribution in [2.45, 2.75) is 19.4 Å². The highest BCUT2D eigenvalue weighted by molar-refractivity contribution is 5.95. The fourth-order valence-electron chi connectivity index (χ4n) is 3.53. The Labute approximate surface area is 191 Å². The third-order valence-electron chi connectivity index (χ3n) is 5.42. The number of rotatable bonds is 8. The number of nitrogen functional groups attached to an aromatic ring is 1. The van der Waals surface area contributed by atoms with Gasteiger partial charge in [0, 0.05) is 29.4 Å². The quantitative estimate of drug-likeness (QED) is 0.239. The molecule has 2 unspecified atom stereocenters. The fraction of sp³-hybridized carbons (Fsp3) is 0.200. The van der Waals surface area contributed by atoms with Gasteiger partial charge in [-0.2, -0.15) is 0 Å². The number of ether oxygens (including phenoxy) is 1. The Morgan fingerprint density at radius 1 is 1.06 bits per heavy atom. The summed E-state index contributed by atoms with van der Waals surface area (Å²) in [5, 5.41) is 10.5. The van der Waals surface area contributed by atoms with Crippen LogP contribution in [-0.4, -0.2) is 35.8 Å². The van der Waals surface area contributed by atoms with Gasteiger partial charge in [0.15, 0.2) is 0 Å². The molecule has 0 radical (unpaired) electrons. The Balaban J connectivity index is 1.72. The average Bonchev–Trinajstić information content (AvgIpc) is 2.82. The molecule has 0 saturated heterocycles.